The molecule has 1 aromatic rings. The third-order valence-electron chi connectivity index (χ3n) is 6.83. The summed E-state index contributed by atoms with van der Waals surface area (Å²) >= 11 is 0. The van der Waals surface area contributed by atoms with Gasteiger partial charge in [0, 0.05) is 0 Å². The third-order valence-corrected chi connectivity index (χ3v) is 6.83. The molecule has 0 aliphatic carbocycles. The van der Waals surface area contributed by atoms with Crippen LogP contribution in [0.25, 0.3) is 0 Å². The van der Waals surface area contributed by atoms with Gasteiger partial charge in [-0.05, 0) is 42.4 Å². The van der Waals surface area contributed by atoms with E-state index in [1.165, 1.54) is 77.0 Å². The Morgan fingerprint density at radius 3 is 1.50 bits per heavy atom. The van der Waals surface area contributed by atoms with Crippen LogP contribution in [0.3, 0.4) is 0 Å². The first-order chi connectivity index (χ1) is 15.5. The molecular formula is C29H50O3. The molecule has 0 bridgehead atoms. The molecule has 0 fully saturated rings. The van der Waals surface area contributed by atoms with Gasteiger partial charge in [0.05, 0.1) is 5.92 Å². The minimum atomic E-state index is -0.691. The number of phenols is 1. The van der Waals surface area contributed by atoms with Crippen LogP contribution in [-0.4, -0.2) is 16.2 Å². The Labute approximate surface area is 198 Å². The highest BCUT2D eigenvalue weighted by Crippen LogP contribution is 2.28. The van der Waals surface area contributed by atoms with Crippen molar-refractivity contribution in [2.75, 3.05) is 0 Å². The van der Waals surface area contributed by atoms with Crippen LogP contribution in [0.15, 0.2) is 12.1 Å². The maximum atomic E-state index is 11.8. The van der Waals surface area contributed by atoms with Crippen LogP contribution in [0.2, 0.25) is 0 Å². The molecule has 1 unspecified atom stereocenters. The monoisotopic (exact) mass is 446 g/mol. The second kappa shape index (κ2) is 18.0. The van der Waals surface area contributed by atoms with Gasteiger partial charge in [0.1, 0.15) is 5.75 Å². The lowest BCUT2D eigenvalue weighted by atomic mass is 9.90. The number of carboxylic acid groups (broad SMARTS) is 1. The number of aromatic hydroxyl groups is 1. The van der Waals surface area contributed by atoms with Crippen molar-refractivity contribution in [1.29, 1.82) is 0 Å². The fraction of sp³-hybridized carbons (Fsp3) is 0.759. The molecule has 1 rings (SSSR count). The average Bonchev–Trinajstić information content (AvgIpc) is 2.79. The zero-order chi connectivity index (χ0) is 23.6. The van der Waals surface area contributed by atoms with Gasteiger partial charge < -0.3 is 10.2 Å². The first kappa shape index (κ1) is 28.5. The molecule has 2 N–H and O–H groups in total. The zero-order valence-electron chi connectivity index (χ0n) is 21.3. The van der Waals surface area contributed by atoms with Gasteiger partial charge in [0.25, 0.3) is 0 Å². The van der Waals surface area contributed by atoms with E-state index in [1.54, 1.807) is 0 Å². The van der Waals surface area contributed by atoms with E-state index in [0.717, 1.165) is 48.8 Å². The van der Waals surface area contributed by atoms with Crippen molar-refractivity contribution < 1.29 is 15.0 Å². The Morgan fingerprint density at radius 1 is 0.719 bits per heavy atom. The average molecular weight is 447 g/mol. The Morgan fingerprint density at radius 2 is 1.12 bits per heavy atom. The number of unbranched alkanes of at least 4 members (excludes halogenated alkanes) is 13. The highest BCUT2D eigenvalue weighted by atomic mass is 16.4. The van der Waals surface area contributed by atoms with Gasteiger partial charge in [-0.2, -0.15) is 0 Å². The normalized spacial score (nSPS) is 12.2. The molecule has 184 valence electrons. The van der Waals surface area contributed by atoms with E-state index >= 15 is 0 Å². The van der Waals surface area contributed by atoms with Crippen molar-refractivity contribution >= 4 is 5.97 Å². The number of rotatable bonds is 20. The lowest BCUT2D eigenvalue weighted by molar-refractivity contribution is -0.142. The van der Waals surface area contributed by atoms with Crippen LogP contribution < -0.4 is 0 Å². The van der Waals surface area contributed by atoms with Crippen LogP contribution in [0.4, 0.5) is 0 Å². The number of aliphatic carboxylic acids is 1. The van der Waals surface area contributed by atoms with E-state index in [1.807, 2.05) is 26.0 Å². The first-order valence-corrected chi connectivity index (χ1v) is 13.6. The molecule has 0 heterocycles. The molecule has 0 radical (unpaired) electrons. The summed E-state index contributed by atoms with van der Waals surface area (Å²) in [5.41, 5.74) is 2.91. The number of aryl methyl sites for hydroxylation is 2. The topological polar surface area (TPSA) is 57.5 Å². The number of carboxylic acids is 1. The van der Waals surface area contributed by atoms with Gasteiger partial charge in [-0.3, -0.25) is 4.79 Å². The zero-order valence-corrected chi connectivity index (χ0v) is 21.3. The fourth-order valence-corrected chi connectivity index (χ4v) is 4.67. The van der Waals surface area contributed by atoms with Crippen LogP contribution in [0.1, 0.15) is 134 Å². The highest BCUT2D eigenvalue weighted by Gasteiger charge is 2.19. The molecule has 3 nitrogen and oxygen atoms in total. The van der Waals surface area contributed by atoms with E-state index in [-0.39, 0.29) is 5.92 Å². The summed E-state index contributed by atoms with van der Waals surface area (Å²) in [6.45, 7) is 6.33. The van der Waals surface area contributed by atoms with E-state index < -0.39 is 5.97 Å². The van der Waals surface area contributed by atoms with Gasteiger partial charge in [-0.1, -0.05) is 123 Å². The number of hydrogen-bond donors (Lipinski definition) is 2. The molecule has 32 heavy (non-hydrogen) atoms. The predicted octanol–water partition coefficient (Wildman–Crippen LogP) is 8.63. The number of carbonyl (C=O) groups is 1. The van der Waals surface area contributed by atoms with Gasteiger partial charge in [0.2, 0.25) is 0 Å². The minimum absolute atomic E-state index is 0.328. The minimum Gasteiger partial charge on any atom is -0.507 e. The van der Waals surface area contributed by atoms with Crippen LogP contribution in [-0.2, 0) is 24.1 Å². The van der Waals surface area contributed by atoms with Crippen molar-refractivity contribution in [3.63, 3.8) is 0 Å². The molecule has 0 spiro atoms. The maximum Gasteiger partial charge on any atom is 0.306 e. The Bertz CT molecular complexity index is 598. The molecule has 1 atom stereocenters. The molecule has 0 aromatic heterocycles. The van der Waals surface area contributed by atoms with Gasteiger partial charge in [0.15, 0.2) is 0 Å². The first-order valence-electron chi connectivity index (χ1n) is 13.6. The van der Waals surface area contributed by atoms with Crippen LogP contribution in [0.5, 0.6) is 5.75 Å². The SMILES string of the molecule is CCCCCCCCCCCCCCCCC(Cc1cc(CC)c(O)c(CC)c1)C(=O)O. The Balaban J connectivity index is 2.19. The van der Waals surface area contributed by atoms with Gasteiger partial charge in [-0.15, -0.1) is 0 Å². The summed E-state index contributed by atoms with van der Waals surface area (Å²) < 4.78 is 0. The van der Waals surface area contributed by atoms with Crippen molar-refractivity contribution in [2.24, 2.45) is 5.92 Å². The van der Waals surface area contributed by atoms with E-state index in [0.29, 0.717) is 12.2 Å². The van der Waals surface area contributed by atoms with Gasteiger partial charge >= 0.3 is 5.97 Å². The molecule has 0 amide bonds. The lowest BCUT2D eigenvalue weighted by Crippen LogP contribution is -2.16. The second-order valence-electron chi connectivity index (χ2n) is 9.59. The van der Waals surface area contributed by atoms with Crippen molar-refractivity contribution in [3.8, 4) is 5.75 Å². The second-order valence-corrected chi connectivity index (χ2v) is 9.59. The smallest absolute Gasteiger partial charge is 0.306 e. The summed E-state index contributed by atoms with van der Waals surface area (Å²) in [6.07, 6.45) is 21.3. The number of hydrogen-bond acceptors (Lipinski definition) is 2. The summed E-state index contributed by atoms with van der Waals surface area (Å²) in [5.74, 6) is -0.632. The predicted molar refractivity (Wildman–Crippen MR) is 137 cm³/mol. The number of phenolic OH excluding ortho intramolecular Hbond substituents is 1. The van der Waals surface area contributed by atoms with Crippen LogP contribution >= 0.6 is 0 Å². The van der Waals surface area contributed by atoms with E-state index in [9.17, 15) is 15.0 Å². The molecule has 0 aliphatic rings. The van der Waals surface area contributed by atoms with Crippen molar-refractivity contribution in [3.05, 3.63) is 28.8 Å². The third kappa shape index (κ3) is 11.9. The summed E-state index contributed by atoms with van der Waals surface area (Å²) in [6, 6.07) is 3.99. The summed E-state index contributed by atoms with van der Waals surface area (Å²) in [5, 5.41) is 20.0. The molecule has 0 saturated heterocycles. The maximum absolute atomic E-state index is 11.8. The van der Waals surface area contributed by atoms with Crippen molar-refractivity contribution in [1.82, 2.24) is 0 Å². The van der Waals surface area contributed by atoms with Gasteiger partial charge in [-0.25, -0.2) is 0 Å². The fourth-order valence-electron chi connectivity index (χ4n) is 4.67. The lowest BCUT2D eigenvalue weighted by Gasteiger charge is -2.15. The largest absolute Gasteiger partial charge is 0.507 e. The molecule has 3 heteroatoms. The molecule has 0 saturated carbocycles. The highest BCUT2D eigenvalue weighted by molar-refractivity contribution is 5.70. The quantitative estimate of drug-likeness (QED) is 0.197. The van der Waals surface area contributed by atoms with E-state index in [2.05, 4.69) is 6.92 Å². The molecule has 1 aromatic carbocycles. The van der Waals surface area contributed by atoms with Crippen molar-refractivity contribution in [2.45, 2.75) is 136 Å². The summed E-state index contributed by atoms with van der Waals surface area (Å²) in [4.78, 5) is 11.8. The Hall–Kier alpha value is -1.51. The summed E-state index contributed by atoms with van der Waals surface area (Å²) in [7, 11) is 0. The number of benzene rings is 1. The standard InChI is InChI=1S/C29H50O3/c1-4-7-8-9-10-11-12-13-14-15-16-17-18-19-20-27(29(31)32)23-24-21-25(5-2)28(30)26(6-3)22-24/h21-22,27,30H,4-20,23H2,1-3H3,(H,31,32). The Kier molecular flexibility index (Phi) is 16.0. The molecular weight excluding hydrogens is 396 g/mol. The van der Waals surface area contributed by atoms with Crippen LogP contribution in [0, 0.1) is 5.92 Å². The molecule has 0 aliphatic heterocycles. The van der Waals surface area contributed by atoms with E-state index in [4.69, 9.17) is 0 Å².